The molecular formula is C12H25N3O. The summed E-state index contributed by atoms with van der Waals surface area (Å²) in [5.74, 6) is 1.64. The van der Waals surface area contributed by atoms with Crippen LogP contribution in [0, 0.1) is 11.8 Å². The Kier molecular flexibility index (Phi) is 5.60. The Balaban J connectivity index is 2.14. The molecule has 0 spiro atoms. The van der Waals surface area contributed by atoms with Crippen molar-refractivity contribution in [1.82, 2.24) is 10.6 Å². The molecule has 0 aromatic heterocycles. The number of carbonyl (C=O) groups excluding carboxylic acids is 1. The lowest BCUT2D eigenvalue weighted by Gasteiger charge is -2.32. The molecule has 1 rings (SSSR count). The van der Waals surface area contributed by atoms with Gasteiger partial charge < -0.3 is 16.4 Å². The summed E-state index contributed by atoms with van der Waals surface area (Å²) in [7, 11) is 0. The number of nitrogens with one attached hydrogen (secondary N) is 2. The average Bonchev–Trinajstić information content (AvgIpc) is 2.24. The normalized spacial score (nSPS) is 25.7. The van der Waals surface area contributed by atoms with Gasteiger partial charge >= 0.3 is 6.03 Å². The van der Waals surface area contributed by atoms with Crippen LogP contribution >= 0.6 is 0 Å². The molecule has 1 saturated carbocycles. The number of hydrogen-bond acceptors (Lipinski definition) is 2. The van der Waals surface area contributed by atoms with E-state index in [4.69, 9.17) is 5.73 Å². The van der Waals surface area contributed by atoms with Gasteiger partial charge in [0, 0.05) is 19.1 Å². The van der Waals surface area contributed by atoms with Crippen LogP contribution in [0.25, 0.3) is 0 Å². The molecule has 0 heterocycles. The number of hydrogen-bond donors (Lipinski definition) is 3. The second-order valence-electron chi connectivity index (χ2n) is 5.11. The summed E-state index contributed by atoms with van der Waals surface area (Å²) in [5, 5.41) is 6.09. The molecule has 1 fully saturated rings. The van der Waals surface area contributed by atoms with E-state index >= 15 is 0 Å². The maximum atomic E-state index is 10.5. The first kappa shape index (κ1) is 13.3. The van der Waals surface area contributed by atoms with E-state index in [9.17, 15) is 4.79 Å². The predicted octanol–water partition coefficient (Wildman–Crippen LogP) is 1.46. The standard InChI is InChI=1S/C12H25N3O/c1-9(2)10-4-3-5-11(8-10)14-6-7-15-12(13)16/h9-11,14H,3-8H2,1-2H3,(H3,13,15,16). The molecule has 4 heteroatoms. The van der Waals surface area contributed by atoms with E-state index < -0.39 is 6.03 Å². The van der Waals surface area contributed by atoms with E-state index in [1.54, 1.807) is 0 Å². The highest BCUT2D eigenvalue weighted by molar-refractivity contribution is 5.71. The second kappa shape index (κ2) is 6.74. The third-order valence-electron chi connectivity index (χ3n) is 3.51. The highest BCUT2D eigenvalue weighted by Crippen LogP contribution is 2.29. The molecule has 0 bridgehead atoms. The first-order chi connectivity index (χ1) is 7.59. The largest absolute Gasteiger partial charge is 0.352 e. The molecule has 1 aliphatic rings. The van der Waals surface area contributed by atoms with Crippen LogP contribution in [0.1, 0.15) is 39.5 Å². The molecule has 0 aromatic carbocycles. The highest BCUT2D eigenvalue weighted by atomic mass is 16.2. The van der Waals surface area contributed by atoms with Crippen molar-refractivity contribution in [2.75, 3.05) is 13.1 Å². The Hall–Kier alpha value is -0.770. The number of amides is 2. The van der Waals surface area contributed by atoms with E-state index in [0.717, 1.165) is 18.4 Å². The molecule has 16 heavy (non-hydrogen) atoms. The summed E-state index contributed by atoms with van der Waals surface area (Å²) in [6, 6.07) is 0.182. The van der Waals surface area contributed by atoms with E-state index in [1.807, 2.05) is 0 Å². The summed E-state index contributed by atoms with van der Waals surface area (Å²) in [6.07, 6.45) is 5.23. The summed E-state index contributed by atoms with van der Waals surface area (Å²) >= 11 is 0. The van der Waals surface area contributed by atoms with Gasteiger partial charge in [0.1, 0.15) is 0 Å². The quantitative estimate of drug-likeness (QED) is 0.622. The topological polar surface area (TPSA) is 67.2 Å². The van der Waals surface area contributed by atoms with E-state index in [-0.39, 0.29) is 0 Å². The maximum Gasteiger partial charge on any atom is 0.312 e. The van der Waals surface area contributed by atoms with Crippen molar-refractivity contribution >= 4 is 6.03 Å². The molecule has 0 saturated heterocycles. The summed E-state index contributed by atoms with van der Waals surface area (Å²) in [6.45, 7) is 6.06. The van der Waals surface area contributed by atoms with Gasteiger partial charge in [-0.1, -0.05) is 26.7 Å². The SMILES string of the molecule is CC(C)C1CCCC(NCCNC(N)=O)C1. The van der Waals surface area contributed by atoms with E-state index in [0.29, 0.717) is 12.6 Å². The molecule has 0 radical (unpaired) electrons. The Morgan fingerprint density at radius 3 is 2.75 bits per heavy atom. The molecule has 4 nitrogen and oxygen atoms in total. The summed E-state index contributed by atoms with van der Waals surface area (Å²) in [4.78, 5) is 10.5. The summed E-state index contributed by atoms with van der Waals surface area (Å²) in [5.41, 5.74) is 5.00. The van der Waals surface area contributed by atoms with Crippen LogP contribution in [-0.4, -0.2) is 25.2 Å². The first-order valence-corrected chi connectivity index (χ1v) is 6.36. The number of nitrogens with two attached hydrogens (primary N) is 1. The second-order valence-corrected chi connectivity index (χ2v) is 5.11. The van der Waals surface area contributed by atoms with Gasteiger partial charge in [0.15, 0.2) is 0 Å². The van der Waals surface area contributed by atoms with Gasteiger partial charge in [0.2, 0.25) is 0 Å². The smallest absolute Gasteiger partial charge is 0.312 e. The van der Waals surface area contributed by atoms with Crippen molar-refractivity contribution < 1.29 is 4.79 Å². The van der Waals surface area contributed by atoms with Crippen molar-refractivity contribution in [2.45, 2.75) is 45.6 Å². The zero-order chi connectivity index (χ0) is 12.0. The number of urea groups is 1. The van der Waals surface area contributed by atoms with Crippen LogP contribution < -0.4 is 16.4 Å². The molecule has 0 aliphatic heterocycles. The van der Waals surface area contributed by atoms with Crippen LogP contribution in [0.15, 0.2) is 0 Å². The van der Waals surface area contributed by atoms with Crippen LogP contribution in [0.3, 0.4) is 0 Å². The minimum absolute atomic E-state index is 0.439. The van der Waals surface area contributed by atoms with E-state index in [1.165, 1.54) is 25.7 Å². The van der Waals surface area contributed by atoms with Gasteiger partial charge in [-0.3, -0.25) is 0 Å². The fraction of sp³-hybridized carbons (Fsp3) is 0.917. The molecule has 2 unspecified atom stereocenters. The minimum atomic E-state index is -0.439. The fourth-order valence-electron chi connectivity index (χ4n) is 2.48. The Morgan fingerprint density at radius 2 is 2.12 bits per heavy atom. The molecule has 2 amide bonds. The molecule has 94 valence electrons. The predicted molar refractivity (Wildman–Crippen MR) is 66.2 cm³/mol. The van der Waals surface area contributed by atoms with Gasteiger partial charge in [-0.05, 0) is 24.7 Å². The Morgan fingerprint density at radius 1 is 1.38 bits per heavy atom. The van der Waals surface area contributed by atoms with Gasteiger partial charge in [-0.15, -0.1) is 0 Å². The van der Waals surface area contributed by atoms with Gasteiger partial charge in [0.05, 0.1) is 0 Å². The molecule has 1 aliphatic carbocycles. The van der Waals surface area contributed by atoms with Gasteiger partial charge in [0.25, 0.3) is 0 Å². The zero-order valence-electron chi connectivity index (χ0n) is 10.5. The van der Waals surface area contributed by atoms with Crippen molar-refractivity contribution in [3.05, 3.63) is 0 Å². The Bertz CT molecular complexity index is 218. The van der Waals surface area contributed by atoms with Gasteiger partial charge in [-0.25, -0.2) is 4.79 Å². The molecule has 2 atom stereocenters. The molecule has 0 aromatic rings. The van der Waals surface area contributed by atoms with Crippen LogP contribution in [-0.2, 0) is 0 Å². The number of rotatable bonds is 5. The minimum Gasteiger partial charge on any atom is -0.352 e. The van der Waals surface area contributed by atoms with Crippen LogP contribution in [0.2, 0.25) is 0 Å². The van der Waals surface area contributed by atoms with Crippen LogP contribution in [0.4, 0.5) is 4.79 Å². The number of carbonyl (C=O) groups is 1. The lowest BCUT2D eigenvalue weighted by atomic mass is 9.79. The van der Waals surface area contributed by atoms with Crippen LogP contribution in [0.5, 0.6) is 0 Å². The number of primary amides is 1. The van der Waals surface area contributed by atoms with Crippen molar-refractivity contribution in [3.63, 3.8) is 0 Å². The molecule has 4 N–H and O–H groups in total. The lowest BCUT2D eigenvalue weighted by molar-refractivity contribution is 0.230. The lowest BCUT2D eigenvalue weighted by Crippen LogP contribution is -2.41. The third kappa shape index (κ3) is 4.84. The van der Waals surface area contributed by atoms with Crippen molar-refractivity contribution in [2.24, 2.45) is 17.6 Å². The Labute approximate surface area is 98.3 Å². The first-order valence-electron chi connectivity index (χ1n) is 6.36. The molecular weight excluding hydrogens is 202 g/mol. The van der Waals surface area contributed by atoms with Gasteiger partial charge in [-0.2, -0.15) is 0 Å². The van der Waals surface area contributed by atoms with Crippen molar-refractivity contribution in [3.8, 4) is 0 Å². The fourth-order valence-corrected chi connectivity index (χ4v) is 2.48. The van der Waals surface area contributed by atoms with E-state index in [2.05, 4.69) is 24.5 Å². The monoisotopic (exact) mass is 227 g/mol. The average molecular weight is 227 g/mol. The van der Waals surface area contributed by atoms with Crippen molar-refractivity contribution in [1.29, 1.82) is 0 Å². The summed E-state index contributed by atoms with van der Waals surface area (Å²) < 4.78 is 0. The maximum absolute atomic E-state index is 10.5. The highest BCUT2D eigenvalue weighted by Gasteiger charge is 2.23. The third-order valence-corrected chi connectivity index (χ3v) is 3.51. The zero-order valence-corrected chi connectivity index (χ0v) is 10.5.